The van der Waals surface area contributed by atoms with Crippen LogP contribution in [0.3, 0.4) is 0 Å². The van der Waals surface area contributed by atoms with Crippen LogP contribution in [0.5, 0.6) is 0 Å². The number of hydrogen-bond acceptors (Lipinski definition) is 9. The van der Waals surface area contributed by atoms with Crippen molar-refractivity contribution in [2.24, 2.45) is 5.41 Å². The van der Waals surface area contributed by atoms with Crippen LogP contribution in [0.1, 0.15) is 26.7 Å². The van der Waals surface area contributed by atoms with Gasteiger partial charge in [-0.05, 0) is 44.4 Å². The number of carboxylic acid groups (broad SMARTS) is 1. The fourth-order valence-electron chi connectivity index (χ4n) is 4.22. The Morgan fingerprint density at radius 1 is 1.08 bits per heavy atom. The SMILES string of the molecule is CCNC(=O)Nc1nc2cc(-c3cnc(N4CCC(C)(C(=O)O)CC4)nc3)cc(-c3ncc(F)cn3)c2s1. The van der Waals surface area contributed by atoms with E-state index in [1.54, 1.807) is 19.3 Å². The molecule has 1 aromatic carbocycles. The van der Waals surface area contributed by atoms with Gasteiger partial charge in [-0.25, -0.2) is 34.1 Å². The molecular formula is C25H25FN8O3S. The number of aliphatic carboxylic acids is 1. The van der Waals surface area contributed by atoms with E-state index in [-0.39, 0.29) is 6.03 Å². The van der Waals surface area contributed by atoms with Crippen LogP contribution < -0.4 is 15.5 Å². The number of anilines is 2. The number of nitrogens with zero attached hydrogens (tertiary/aromatic N) is 6. The quantitative estimate of drug-likeness (QED) is 0.330. The number of rotatable bonds is 6. The van der Waals surface area contributed by atoms with Crippen molar-refractivity contribution in [3.8, 4) is 22.5 Å². The summed E-state index contributed by atoms with van der Waals surface area (Å²) in [6.45, 7) is 5.17. The van der Waals surface area contributed by atoms with Gasteiger partial charge < -0.3 is 15.3 Å². The van der Waals surface area contributed by atoms with Gasteiger partial charge in [-0.2, -0.15) is 0 Å². The van der Waals surface area contributed by atoms with Crippen LogP contribution in [0.2, 0.25) is 0 Å². The summed E-state index contributed by atoms with van der Waals surface area (Å²) in [5.74, 6) is -0.476. The van der Waals surface area contributed by atoms with Gasteiger partial charge in [-0.15, -0.1) is 0 Å². The second-order valence-corrected chi connectivity index (χ2v) is 10.2. The minimum absolute atomic E-state index is 0.318. The minimum Gasteiger partial charge on any atom is -0.481 e. The summed E-state index contributed by atoms with van der Waals surface area (Å²) in [6, 6.07) is 3.36. The highest BCUT2D eigenvalue weighted by Crippen LogP contribution is 2.38. The summed E-state index contributed by atoms with van der Waals surface area (Å²) in [4.78, 5) is 47.5. The van der Waals surface area contributed by atoms with Crippen LogP contribution in [0, 0.1) is 11.2 Å². The number of carboxylic acids is 1. The number of carbonyl (C=O) groups excluding carboxylic acids is 1. The summed E-state index contributed by atoms with van der Waals surface area (Å²) in [5.41, 5.74) is 1.97. The molecule has 0 saturated carbocycles. The van der Waals surface area contributed by atoms with Crippen molar-refractivity contribution in [3.63, 3.8) is 0 Å². The van der Waals surface area contributed by atoms with Crippen LogP contribution in [-0.2, 0) is 4.79 Å². The smallest absolute Gasteiger partial charge is 0.321 e. The van der Waals surface area contributed by atoms with Gasteiger partial charge in [0.2, 0.25) is 5.95 Å². The Morgan fingerprint density at radius 2 is 1.76 bits per heavy atom. The Kier molecular flexibility index (Phi) is 6.85. The maximum atomic E-state index is 13.5. The maximum absolute atomic E-state index is 13.5. The normalized spacial score (nSPS) is 14.9. The zero-order chi connectivity index (χ0) is 26.9. The molecule has 1 aliphatic rings. The van der Waals surface area contributed by atoms with E-state index in [2.05, 4.69) is 35.6 Å². The highest BCUT2D eigenvalue weighted by molar-refractivity contribution is 7.22. The summed E-state index contributed by atoms with van der Waals surface area (Å²) >= 11 is 1.27. The predicted molar refractivity (Wildman–Crippen MR) is 142 cm³/mol. The molecule has 0 aliphatic carbocycles. The standard InChI is InChI=1S/C25H25FN8O3S/c1-3-27-23(37)33-24-32-18-9-14(8-17(19(18)38-24)20-28-12-16(26)13-29-20)15-10-30-22(31-11-15)34-6-4-25(2,5-7-34)21(35)36/h8-13H,3-7H2,1-2H3,(H,35,36)(H2,27,32,33,37). The van der Waals surface area contributed by atoms with Crippen LogP contribution in [0.4, 0.5) is 20.3 Å². The molecule has 3 N–H and O–H groups in total. The fraction of sp³-hybridized carbons (Fsp3) is 0.320. The largest absolute Gasteiger partial charge is 0.481 e. The average Bonchev–Trinajstić information content (AvgIpc) is 3.31. The molecule has 3 aromatic heterocycles. The molecule has 196 valence electrons. The lowest BCUT2D eigenvalue weighted by Crippen LogP contribution is -2.43. The third-order valence-corrected chi connectivity index (χ3v) is 7.57. The molecule has 5 rings (SSSR count). The van der Waals surface area contributed by atoms with Crippen LogP contribution in [-0.4, -0.2) is 61.7 Å². The average molecular weight is 537 g/mol. The van der Waals surface area contributed by atoms with E-state index in [9.17, 15) is 19.1 Å². The zero-order valence-electron chi connectivity index (χ0n) is 20.7. The number of piperidine rings is 1. The number of thiazole rings is 1. The van der Waals surface area contributed by atoms with Gasteiger partial charge in [0.25, 0.3) is 0 Å². The van der Waals surface area contributed by atoms with Crippen LogP contribution in [0.25, 0.3) is 32.7 Å². The third kappa shape index (κ3) is 5.09. The lowest BCUT2D eigenvalue weighted by atomic mass is 9.80. The van der Waals surface area contributed by atoms with E-state index in [0.29, 0.717) is 60.5 Å². The third-order valence-electron chi connectivity index (χ3n) is 6.55. The van der Waals surface area contributed by atoms with Gasteiger partial charge >= 0.3 is 12.0 Å². The first-order valence-corrected chi connectivity index (χ1v) is 12.9. The van der Waals surface area contributed by atoms with Crippen molar-refractivity contribution in [1.82, 2.24) is 30.2 Å². The molecule has 1 fully saturated rings. The first kappa shape index (κ1) is 25.4. The van der Waals surface area contributed by atoms with Crippen LogP contribution >= 0.6 is 11.3 Å². The Morgan fingerprint density at radius 3 is 2.39 bits per heavy atom. The van der Waals surface area contributed by atoms with Gasteiger partial charge in [0.05, 0.1) is 28.0 Å². The monoisotopic (exact) mass is 536 g/mol. The van der Waals surface area contributed by atoms with Crippen molar-refractivity contribution in [2.45, 2.75) is 26.7 Å². The highest BCUT2D eigenvalue weighted by atomic mass is 32.1. The Hall–Kier alpha value is -4.26. The molecule has 0 spiro atoms. The molecule has 2 amide bonds. The molecule has 0 atom stereocenters. The summed E-state index contributed by atoms with van der Waals surface area (Å²) < 4.78 is 14.3. The van der Waals surface area contributed by atoms with Crippen molar-refractivity contribution in [2.75, 3.05) is 29.9 Å². The van der Waals surface area contributed by atoms with E-state index < -0.39 is 17.2 Å². The Balaban J connectivity index is 1.47. The number of benzene rings is 1. The number of halogens is 1. The van der Waals surface area contributed by atoms with E-state index in [0.717, 1.165) is 28.2 Å². The number of amides is 2. The second-order valence-electron chi connectivity index (χ2n) is 9.23. The van der Waals surface area contributed by atoms with Gasteiger partial charge in [0.1, 0.15) is 0 Å². The summed E-state index contributed by atoms with van der Waals surface area (Å²) in [6.07, 6.45) is 6.63. The summed E-state index contributed by atoms with van der Waals surface area (Å²) in [5, 5.41) is 15.3. The van der Waals surface area contributed by atoms with Crippen LogP contribution in [0.15, 0.2) is 36.9 Å². The molecule has 0 bridgehead atoms. The number of nitrogens with one attached hydrogen (secondary N) is 2. The molecule has 0 radical (unpaired) electrons. The zero-order valence-corrected chi connectivity index (χ0v) is 21.5. The van der Waals surface area contributed by atoms with E-state index in [1.165, 1.54) is 11.3 Å². The van der Waals surface area contributed by atoms with Crippen molar-refractivity contribution >= 4 is 44.6 Å². The molecule has 4 heterocycles. The Bertz CT molecular complexity index is 1490. The first-order valence-electron chi connectivity index (χ1n) is 12.0. The van der Waals surface area contributed by atoms with Crippen molar-refractivity contribution in [3.05, 3.63) is 42.7 Å². The molecular weight excluding hydrogens is 511 g/mol. The van der Waals surface area contributed by atoms with Gasteiger partial charge in [0, 0.05) is 43.2 Å². The van der Waals surface area contributed by atoms with Gasteiger partial charge in [-0.3, -0.25) is 10.1 Å². The number of hydrogen-bond donors (Lipinski definition) is 3. The van der Waals surface area contributed by atoms with Crippen molar-refractivity contribution in [1.29, 1.82) is 0 Å². The molecule has 1 saturated heterocycles. The number of aromatic nitrogens is 5. The summed E-state index contributed by atoms with van der Waals surface area (Å²) in [7, 11) is 0. The van der Waals surface area contributed by atoms with E-state index in [4.69, 9.17) is 0 Å². The van der Waals surface area contributed by atoms with Gasteiger partial charge in [-0.1, -0.05) is 11.3 Å². The molecule has 38 heavy (non-hydrogen) atoms. The Labute approximate surface area is 221 Å². The minimum atomic E-state index is -0.781. The van der Waals surface area contributed by atoms with Crippen molar-refractivity contribution < 1.29 is 19.1 Å². The topological polar surface area (TPSA) is 146 Å². The number of urea groups is 1. The first-order chi connectivity index (χ1) is 18.3. The van der Waals surface area contributed by atoms with E-state index >= 15 is 0 Å². The number of fused-ring (bicyclic) bond motifs is 1. The molecule has 1 aliphatic heterocycles. The lowest BCUT2D eigenvalue weighted by molar-refractivity contribution is -0.149. The molecule has 11 nitrogen and oxygen atoms in total. The van der Waals surface area contributed by atoms with Gasteiger partial charge in [0.15, 0.2) is 16.8 Å². The fourth-order valence-corrected chi connectivity index (χ4v) is 5.17. The highest BCUT2D eigenvalue weighted by Gasteiger charge is 2.37. The van der Waals surface area contributed by atoms with E-state index in [1.807, 2.05) is 24.0 Å². The molecule has 0 unspecified atom stereocenters. The second kappa shape index (κ2) is 10.2. The molecule has 4 aromatic rings. The maximum Gasteiger partial charge on any atom is 0.321 e. The molecule has 13 heteroatoms. The predicted octanol–water partition coefficient (Wildman–Crippen LogP) is 4.18. The number of carbonyl (C=O) groups is 2. The lowest BCUT2D eigenvalue weighted by Gasteiger charge is -2.36.